The second-order valence-electron chi connectivity index (χ2n) is 7.83. The van der Waals surface area contributed by atoms with Crippen molar-refractivity contribution in [2.75, 3.05) is 13.6 Å². The predicted molar refractivity (Wildman–Crippen MR) is 121 cm³/mol. The Balaban J connectivity index is 0.00000261. The Labute approximate surface area is 179 Å². The van der Waals surface area contributed by atoms with Crippen molar-refractivity contribution in [3.05, 3.63) is 47.5 Å². The van der Waals surface area contributed by atoms with Crippen LogP contribution in [0.25, 0.3) is 0 Å². The average molecular weight is 482 g/mol. The number of guanidine groups is 1. The SMILES string of the molecule is CN=C(NCC(C)(C)Cc1ccccc1)NC1CCCn2nc(C)nc21.I. The van der Waals surface area contributed by atoms with Crippen LogP contribution in [0.1, 0.15) is 49.9 Å². The van der Waals surface area contributed by atoms with Gasteiger partial charge >= 0.3 is 0 Å². The van der Waals surface area contributed by atoms with Crippen molar-refractivity contribution < 1.29 is 0 Å². The third-order valence-electron chi connectivity index (χ3n) is 4.78. The van der Waals surface area contributed by atoms with Crippen LogP contribution >= 0.6 is 24.0 Å². The summed E-state index contributed by atoms with van der Waals surface area (Å²) >= 11 is 0. The van der Waals surface area contributed by atoms with Gasteiger partial charge in [-0.1, -0.05) is 44.2 Å². The standard InChI is InChI=1S/C20H30N6.HI/c1-15-23-18-17(11-8-12-26(18)25-15)24-19(21-4)22-14-20(2,3)13-16-9-6-5-7-10-16;/h5-7,9-10,17H,8,11-14H2,1-4H3,(H2,21,22,24);1H. The van der Waals surface area contributed by atoms with E-state index in [0.717, 1.165) is 50.0 Å². The summed E-state index contributed by atoms with van der Waals surface area (Å²) in [7, 11) is 1.82. The summed E-state index contributed by atoms with van der Waals surface area (Å²) < 4.78 is 2.02. The van der Waals surface area contributed by atoms with Gasteiger partial charge in [-0.15, -0.1) is 24.0 Å². The Morgan fingerprint density at radius 3 is 2.74 bits per heavy atom. The van der Waals surface area contributed by atoms with Gasteiger partial charge in [-0.25, -0.2) is 9.67 Å². The van der Waals surface area contributed by atoms with Crippen molar-refractivity contribution in [1.29, 1.82) is 0 Å². The first kappa shape index (κ1) is 21.7. The molecule has 6 nitrogen and oxygen atoms in total. The molecule has 0 aliphatic carbocycles. The summed E-state index contributed by atoms with van der Waals surface area (Å²) in [5.41, 5.74) is 1.49. The maximum atomic E-state index is 4.59. The monoisotopic (exact) mass is 482 g/mol. The van der Waals surface area contributed by atoms with Crippen molar-refractivity contribution in [3.8, 4) is 0 Å². The van der Waals surface area contributed by atoms with Gasteiger partial charge in [0.15, 0.2) is 5.96 Å². The van der Waals surface area contributed by atoms with Crippen molar-refractivity contribution >= 4 is 29.9 Å². The second kappa shape index (κ2) is 9.52. The second-order valence-corrected chi connectivity index (χ2v) is 7.83. The van der Waals surface area contributed by atoms with Gasteiger partial charge in [0.1, 0.15) is 11.6 Å². The highest BCUT2D eigenvalue weighted by Crippen LogP contribution is 2.23. The van der Waals surface area contributed by atoms with Crippen LogP contribution in [-0.4, -0.2) is 34.3 Å². The molecular weight excluding hydrogens is 451 g/mol. The van der Waals surface area contributed by atoms with Crippen LogP contribution in [0.4, 0.5) is 0 Å². The van der Waals surface area contributed by atoms with Crippen molar-refractivity contribution in [2.45, 2.75) is 52.6 Å². The Hall–Kier alpha value is -1.64. The lowest BCUT2D eigenvalue weighted by molar-refractivity contribution is 0.354. The first-order chi connectivity index (χ1) is 12.5. The summed E-state index contributed by atoms with van der Waals surface area (Å²) in [6, 6.07) is 10.8. The molecule has 1 atom stereocenters. The third-order valence-corrected chi connectivity index (χ3v) is 4.78. The molecule has 0 amide bonds. The summed E-state index contributed by atoms with van der Waals surface area (Å²) in [6.07, 6.45) is 3.17. The first-order valence-electron chi connectivity index (χ1n) is 9.39. The van der Waals surface area contributed by atoms with Crippen LogP contribution in [0, 0.1) is 12.3 Å². The minimum atomic E-state index is 0. The van der Waals surface area contributed by atoms with Gasteiger partial charge < -0.3 is 10.6 Å². The van der Waals surface area contributed by atoms with E-state index < -0.39 is 0 Å². The Morgan fingerprint density at radius 2 is 2.04 bits per heavy atom. The molecule has 1 aliphatic rings. The van der Waals surface area contributed by atoms with Gasteiger partial charge in [-0.2, -0.15) is 5.10 Å². The maximum Gasteiger partial charge on any atom is 0.191 e. The van der Waals surface area contributed by atoms with E-state index in [-0.39, 0.29) is 35.4 Å². The quantitative estimate of drug-likeness (QED) is 0.389. The number of aromatic nitrogens is 3. The molecule has 0 bridgehead atoms. The third kappa shape index (κ3) is 5.92. The largest absolute Gasteiger partial charge is 0.356 e. The number of nitrogens with zero attached hydrogens (tertiary/aromatic N) is 4. The molecule has 0 saturated heterocycles. The Morgan fingerprint density at radius 1 is 1.30 bits per heavy atom. The number of halogens is 1. The number of aryl methyl sites for hydroxylation is 2. The summed E-state index contributed by atoms with van der Waals surface area (Å²) in [5, 5.41) is 11.5. The highest BCUT2D eigenvalue weighted by atomic mass is 127. The van der Waals surface area contributed by atoms with Crippen molar-refractivity contribution in [3.63, 3.8) is 0 Å². The first-order valence-corrected chi connectivity index (χ1v) is 9.39. The van der Waals surface area contributed by atoms with Crippen LogP contribution in [-0.2, 0) is 13.0 Å². The molecule has 2 aromatic rings. The summed E-state index contributed by atoms with van der Waals surface area (Å²) in [6.45, 7) is 8.30. The Kier molecular flexibility index (Phi) is 7.64. The number of hydrogen-bond donors (Lipinski definition) is 2. The molecule has 1 aliphatic heterocycles. The van der Waals surface area contributed by atoms with Crippen LogP contribution in [0.3, 0.4) is 0 Å². The zero-order chi connectivity index (χ0) is 18.6. The summed E-state index contributed by atoms with van der Waals surface area (Å²) in [4.78, 5) is 9.00. The molecule has 27 heavy (non-hydrogen) atoms. The fourth-order valence-corrected chi connectivity index (χ4v) is 3.50. The lowest BCUT2D eigenvalue weighted by Crippen LogP contribution is -2.45. The Bertz CT molecular complexity index is 753. The molecule has 1 aromatic heterocycles. The minimum absolute atomic E-state index is 0. The van der Waals surface area contributed by atoms with Crippen molar-refractivity contribution in [2.24, 2.45) is 10.4 Å². The zero-order valence-electron chi connectivity index (χ0n) is 16.7. The average Bonchev–Trinajstić information content (AvgIpc) is 3.00. The van der Waals surface area contributed by atoms with E-state index in [1.165, 1.54) is 5.56 Å². The molecule has 0 spiro atoms. The lowest BCUT2D eigenvalue weighted by Gasteiger charge is -2.29. The van der Waals surface area contributed by atoms with E-state index in [4.69, 9.17) is 0 Å². The van der Waals surface area contributed by atoms with Crippen LogP contribution in [0.5, 0.6) is 0 Å². The molecule has 0 saturated carbocycles. The molecule has 2 heterocycles. The number of fused-ring (bicyclic) bond motifs is 1. The van der Waals surface area contributed by atoms with Gasteiger partial charge in [0.05, 0.1) is 6.04 Å². The number of nitrogens with one attached hydrogen (secondary N) is 2. The van der Waals surface area contributed by atoms with E-state index in [2.05, 4.69) is 69.9 Å². The van der Waals surface area contributed by atoms with E-state index >= 15 is 0 Å². The maximum absolute atomic E-state index is 4.59. The van der Waals surface area contributed by atoms with Crippen LogP contribution < -0.4 is 10.6 Å². The molecular formula is C20H31IN6. The van der Waals surface area contributed by atoms with E-state index in [1.807, 2.05) is 18.7 Å². The number of aliphatic imine (C=N–C) groups is 1. The van der Waals surface area contributed by atoms with Gasteiger partial charge in [-0.05, 0) is 37.2 Å². The van der Waals surface area contributed by atoms with Crippen LogP contribution in [0.2, 0.25) is 0 Å². The van der Waals surface area contributed by atoms with Crippen LogP contribution in [0.15, 0.2) is 35.3 Å². The summed E-state index contributed by atoms with van der Waals surface area (Å²) in [5.74, 6) is 2.67. The number of hydrogen-bond acceptors (Lipinski definition) is 3. The molecule has 1 aromatic carbocycles. The normalized spacial score (nSPS) is 17.0. The minimum Gasteiger partial charge on any atom is -0.356 e. The van der Waals surface area contributed by atoms with Crippen molar-refractivity contribution in [1.82, 2.24) is 25.4 Å². The zero-order valence-corrected chi connectivity index (χ0v) is 19.0. The predicted octanol–water partition coefficient (Wildman–Crippen LogP) is 3.47. The highest BCUT2D eigenvalue weighted by molar-refractivity contribution is 14.0. The molecule has 2 N–H and O–H groups in total. The molecule has 1 unspecified atom stereocenters. The number of benzene rings is 1. The van der Waals surface area contributed by atoms with E-state index in [1.54, 1.807) is 0 Å². The topological polar surface area (TPSA) is 67.1 Å². The fourth-order valence-electron chi connectivity index (χ4n) is 3.50. The molecule has 7 heteroatoms. The van der Waals surface area contributed by atoms with Gasteiger partial charge in [0.2, 0.25) is 0 Å². The van der Waals surface area contributed by atoms with Gasteiger partial charge in [-0.3, -0.25) is 4.99 Å². The lowest BCUT2D eigenvalue weighted by atomic mass is 9.86. The molecule has 3 rings (SSSR count). The molecule has 0 fully saturated rings. The molecule has 0 radical (unpaired) electrons. The number of rotatable bonds is 5. The highest BCUT2D eigenvalue weighted by Gasteiger charge is 2.25. The van der Waals surface area contributed by atoms with E-state index in [0.29, 0.717) is 0 Å². The van der Waals surface area contributed by atoms with E-state index in [9.17, 15) is 0 Å². The molecule has 148 valence electrons. The van der Waals surface area contributed by atoms with Gasteiger partial charge in [0, 0.05) is 20.1 Å². The fraction of sp³-hybridized carbons (Fsp3) is 0.550. The smallest absolute Gasteiger partial charge is 0.191 e. The van der Waals surface area contributed by atoms with Gasteiger partial charge in [0.25, 0.3) is 0 Å².